The highest BCUT2D eigenvalue weighted by atomic mass is 35.5. The maximum Gasteiger partial charge on any atom is 0.240 e. The molecule has 0 aliphatic heterocycles. The highest BCUT2D eigenvalue weighted by Gasteiger charge is 2.17. The topological polar surface area (TPSA) is 77.9 Å². The quantitative estimate of drug-likeness (QED) is 0.484. The largest absolute Gasteiger partial charge is 0.366 e. The summed E-state index contributed by atoms with van der Waals surface area (Å²) in [6.07, 6.45) is 0. The SMILES string of the molecule is Cc1cccc(Nn2c(N)nn(CC(=O)c3c(Cl)cccc3Cl)c2=S)c1. The molecule has 0 unspecified atom stereocenters. The Morgan fingerprint density at radius 3 is 2.54 bits per heavy atom. The van der Waals surface area contributed by atoms with Crippen LogP contribution in [0.3, 0.4) is 0 Å². The van der Waals surface area contributed by atoms with Crippen molar-refractivity contribution in [2.75, 3.05) is 11.2 Å². The number of ketones is 1. The fourth-order valence-electron chi connectivity index (χ4n) is 2.46. The number of nitrogens with zero attached hydrogens (tertiary/aromatic N) is 3. The van der Waals surface area contributed by atoms with E-state index in [1.54, 1.807) is 18.2 Å². The summed E-state index contributed by atoms with van der Waals surface area (Å²) in [5.74, 6) is -0.175. The third-order valence-corrected chi connectivity index (χ3v) is 4.68. The van der Waals surface area contributed by atoms with Crippen molar-refractivity contribution in [3.8, 4) is 0 Å². The van der Waals surface area contributed by atoms with Crippen molar-refractivity contribution in [2.45, 2.75) is 13.5 Å². The number of hydrogen-bond acceptors (Lipinski definition) is 5. The van der Waals surface area contributed by atoms with Gasteiger partial charge >= 0.3 is 0 Å². The molecule has 1 heterocycles. The molecule has 3 aromatic rings. The Morgan fingerprint density at radius 1 is 1.23 bits per heavy atom. The van der Waals surface area contributed by atoms with Gasteiger partial charge in [0, 0.05) is 0 Å². The molecule has 0 aliphatic rings. The number of rotatable bonds is 5. The lowest BCUT2D eigenvalue weighted by Crippen LogP contribution is -2.15. The molecule has 1 aromatic heterocycles. The van der Waals surface area contributed by atoms with Crippen LogP contribution in [0.4, 0.5) is 11.6 Å². The normalized spacial score (nSPS) is 10.7. The van der Waals surface area contributed by atoms with Gasteiger partial charge in [0.15, 0.2) is 5.78 Å². The predicted octanol–water partition coefficient (Wildman–Crippen LogP) is 4.37. The van der Waals surface area contributed by atoms with Gasteiger partial charge in [-0.15, -0.1) is 5.10 Å². The second-order valence-corrected chi connectivity index (χ2v) is 6.81. The average Bonchev–Trinajstić information content (AvgIpc) is 2.82. The third kappa shape index (κ3) is 3.75. The van der Waals surface area contributed by atoms with Gasteiger partial charge in [0.25, 0.3) is 0 Å². The van der Waals surface area contributed by atoms with E-state index in [1.807, 2.05) is 31.2 Å². The van der Waals surface area contributed by atoms with Gasteiger partial charge in [0.1, 0.15) is 6.54 Å². The average molecular weight is 408 g/mol. The van der Waals surface area contributed by atoms with Crippen LogP contribution < -0.4 is 11.2 Å². The van der Waals surface area contributed by atoms with Gasteiger partial charge in [0.05, 0.1) is 21.3 Å². The summed E-state index contributed by atoms with van der Waals surface area (Å²) in [6.45, 7) is 1.85. The van der Waals surface area contributed by atoms with Crippen molar-refractivity contribution in [3.05, 3.63) is 68.4 Å². The molecule has 3 rings (SSSR count). The number of aryl methyl sites for hydroxylation is 1. The fourth-order valence-corrected chi connectivity index (χ4v) is 3.31. The van der Waals surface area contributed by atoms with Gasteiger partial charge in [0.2, 0.25) is 10.7 Å². The Morgan fingerprint density at radius 2 is 1.88 bits per heavy atom. The lowest BCUT2D eigenvalue weighted by molar-refractivity contribution is 0.0967. The van der Waals surface area contributed by atoms with Crippen LogP contribution in [0.1, 0.15) is 15.9 Å². The van der Waals surface area contributed by atoms with E-state index in [-0.39, 0.29) is 38.7 Å². The number of nitrogen functional groups attached to an aromatic ring is 1. The minimum Gasteiger partial charge on any atom is -0.366 e. The van der Waals surface area contributed by atoms with Crippen LogP contribution in [0.2, 0.25) is 10.0 Å². The molecule has 0 bridgehead atoms. The maximum absolute atomic E-state index is 12.6. The minimum absolute atomic E-state index is 0.130. The van der Waals surface area contributed by atoms with Crippen LogP contribution in [-0.2, 0) is 6.54 Å². The Bertz CT molecular complexity index is 1020. The summed E-state index contributed by atoms with van der Waals surface area (Å²) in [4.78, 5) is 12.6. The maximum atomic E-state index is 12.6. The molecule has 2 aromatic carbocycles. The van der Waals surface area contributed by atoms with E-state index in [0.29, 0.717) is 0 Å². The number of carbonyl (C=O) groups excluding carboxylic acids is 1. The van der Waals surface area contributed by atoms with Gasteiger partial charge < -0.3 is 5.73 Å². The molecule has 134 valence electrons. The zero-order valence-electron chi connectivity index (χ0n) is 13.7. The first-order chi connectivity index (χ1) is 12.4. The molecule has 6 nitrogen and oxygen atoms in total. The van der Waals surface area contributed by atoms with Crippen molar-refractivity contribution in [1.82, 2.24) is 14.5 Å². The van der Waals surface area contributed by atoms with Crippen molar-refractivity contribution in [1.29, 1.82) is 0 Å². The molecule has 0 fully saturated rings. The summed E-state index contributed by atoms with van der Waals surface area (Å²) in [5, 5.41) is 4.69. The summed E-state index contributed by atoms with van der Waals surface area (Å²) in [7, 11) is 0. The Hall–Kier alpha value is -2.35. The molecule has 3 N–H and O–H groups in total. The first-order valence-electron chi connectivity index (χ1n) is 7.63. The van der Waals surface area contributed by atoms with Gasteiger partial charge in [-0.3, -0.25) is 10.2 Å². The van der Waals surface area contributed by atoms with Gasteiger partial charge in [-0.1, -0.05) is 41.4 Å². The summed E-state index contributed by atoms with van der Waals surface area (Å²) in [6, 6.07) is 12.6. The molecule has 0 amide bonds. The van der Waals surface area contributed by atoms with E-state index in [0.717, 1.165) is 11.3 Å². The highest BCUT2D eigenvalue weighted by Crippen LogP contribution is 2.25. The van der Waals surface area contributed by atoms with E-state index in [2.05, 4.69) is 10.5 Å². The Labute approximate surface area is 165 Å². The van der Waals surface area contributed by atoms with Crippen LogP contribution >= 0.6 is 35.4 Å². The number of aromatic nitrogens is 3. The zero-order valence-corrected chi connectivity index (χ0v) is 16.1. The molecular formula is C17H15Cl2N5OS. The van der Waals surface area contributed by atoms with Crippen LogP contribution in [0.15, 0.2) is 42.5 Å². The number of Topliss-reactive ketones (excluding diaryl/α,β-unsaturated/α-hetero) is 1. The van der Waals surface area contributed by atoms with Crippen molar-refractivity contribution in [2.24, 2.45) is 0 Å². The summed E-state index contributed by atoms with van der Waals surface area (Å²) < 4.78 is 3.02. The van der Waals surface area contributed by atoms with Gasteiger partial charge in [-0.05, 0) is 49.0 Å². The standard InChI is InChI=1S/C17H15Cl2N5OS/c1-10-4-2-5-11(8-10)21-24-16(20)22-23(17(24)26)9-14(25)15-12(18)6-3-7-13(15)19/h2-8,21H,9H2,1H3,(H2,20,22). The fraction of sp³-hybridized carbons (Fsp3) is 0.118. The molecule has 26 heavy (non-hydrogen) atoms. The van der Waals surface area contributed by atoms with Crippen LogP contribution in [0, 0.1) is 11.7 Å². The van der Waals surface area contributed by atoms with E-state index >= 15 is 0 Å². The predicted molar refractivity (Wildman–Crippen MR) is 106 cm³/mol. The van der Waals surface area contributed by atoms with Gasteiger partial charge in [-0.25, -0.2) is 4.68 Å². The number of nitrogens with one attached hydrogen (secondary N) is 1. The van der Waals surface area contributed by atoms with Gasteiger partial charge in [-0.2, -0.15) is 4.68 Å². The lowest BCUT2D eigenvalue weighted by Gasteiger charge is -2.08. The monoisotopic (exact) mass is 407 g/mol. The zero-order chi connectivity index (χ0) is 18.8. The highest BCUT2D eigenvalue weighted by molar-refractivity contribution is 7.71. The first kappa shape index (κ1) is 18.4. The van der Waals surface area contributed by atoms with E-state index < -0.39 is 0 Å². The number of carbonyl (C=O) groups is 1. The molecular weight excluding hydrogens is 393 g/mol. The minimum atomic E-state index is -0.308. The first-order valence-corrected chi connectivity index (χ1v) is 8.79. The molecule has 0 saturated carbocycles. The van der Waals surface area contributed by atoms with Crippen molar-refractivity contribution < 1.29 is 4.79 Å². The van der Waals surface area contributed by atoms with Crippen LogP contribution in [0.5, 0.6) is 0 Å². The second kappa shape index (κ2) is 7.49. The Balaban J connectivity index is 1.89. The molecule has 0 aliphatic carbocycles. The van der Waals surface area contributed by atoms with E-state index in [1.165, 1.54) is 9.36 Å². The number of anilines is 2. The van der Waals surface area contributed by atoms with Crippen molar-refractivity contribution >= 4 is 52.8 Å². The third-order valence-electron chi connectivity index (χ3n) is 3.66. The second-order valence-electron chi connectivity index (χ2n) is 5.63. The van der Waals surface area contributed by atoms with Crippen molar-refractivity contribution in [3.63, 3.8) is 0 Å². The summed E-state index contributed by atoms with van der Waals surface area (Å²) in [5.41, 5.74) is 11.1. The summed E-state index contributed by atoms with van der Waals surface area (Å²) >= 11 is 17.6. The number of nitrogens with two attached hydrogens (primary N) is 1. The smallest absolute Gasteiger partial charge is 0.240 e. The molecule has 0 saturated heterocycles. The number of halogens is 2. The van der Waals surface area contributed by atoms with E-state index in [4.69, 9.17) is 41.2 Å². The molecule has 0 radical (unpaired) electrons. The van der Waals surface area contributed by atoms with Crippen LogP contribution in [0.25, 0.3) is 0 Å². The molecule has 0 spiro atoms. The number of hydrogen-bond donors (Lipinski definition) is 2. The molecule has 0 atom stereocenters. The van der Waals surface area contributed by atoms with E-state index in [9.17, 15) is 4.79 Å². The molecule has 9 heteroatoms. The van der Waals surface area contributed by atoms with Crippen LogP contribution in [-0.4, -0.2) is 20.2 Å². The number of benzene rings is 2. The lowest BCUT2D eigenvalue weighted by atomic mass is 10.1. The Kier molecular flexibility index (Phi) is 5.31.